The second kappa shape index (κ2) is 8.73. The van der Waals surface area contributed by atoms with Gasteiger partial charge in [0.15, 0.2) is 11.5 Å². The summed E-state index contributed by atoms with van der Waals surface area (Å²) in [6.45, 7) is 2.76. The highest BCUT2D eigenvalue weighted by molar-refractivity contribution is 7.14. The molecule has 1 N–H and O–H groups in total. The van der Waals surface area contributed by atoms with E-state index in [1.807, 2.05) is 24.3 Å². The Morgan fingerprint density at radius 3 is 2.67 bits per heavy atom. The van der Waals surface area contributed by atoms with Gasteiger partial charge in [0.05, 0.1) is 38.4 Å². The molecule has 27 heavy (non-hydrogen) atoms. The molecule has 1 aliphatic rings. The molecule has 1 saturated heterocycles. The number of morpholine rings is 1. The predicted octanol–water partition coefficient (Wildman–Crippen LogP) is 2.90. The van der Waals surface area contributed by atoms with E-state index in [-0.39, 0.29) is 12.5 Å². The van der Waals surface area contributed by atoms with E-state index >= 15 is 0 Å². The second-order valence-electron chi connectivity index (χ2n) is 6.27. The number of hydrogen-bond acceptors (Lipinski definition) is 6. The van der Waals surface area contributed by atoms with E-state index in [1.165, 1.54) is 16.2 Å². The third-order valence-corrected chi connectivity index (χ3v) is 5.98. The first-order chi connectivity index (χ1) is 13.1. The highest BCUT2D eigenvalue weighted by atomic mass is 32.1. The lowest BCUT2D eigenvalue weighted by atomic mass is 9.97. The molecule has 0 aliphatic carbocycles. The summed E-state index contributed by atoms with van der Waals surface area (Å²) >= 11 is 1.52. The van der Waals surface area contributed by atoms with E-state index in [1.54, 1.807) is 25.2 Å². The Balaban J connectivity index is 1.98. The highest BCUT2D eigenvalue weighted by Crippen LogP contribution is 2.36. The molecule has 2 atom stereocenters. The first kappa shape index (κ1) is 19.7. The van der Waals surface area contributed by atoms with Crippen LogP contribution in [0.15, 0.2) is 30.3 Å². The Morgan fingerprint density at radius 1 is 1.26 bits per heavy atom. The Bertz CT molecular complexity index is 790. The number of hydrogen-bond donors (Lipinski definition) is 1. The van der Waals surface area contributed by atoms with Gasteiger partial charge in [0.1, 0.15) is 6.10 Å². The fourth-order valence-corrected chi connectivity index (χ4v) is 4.27. The maximum absolute atomic E-state index is 13.2. The number of benzene rings is 1. The summed E-state index contributed by atoms with van der Waals surface area (Å²) < 4.78 is 16.5. The molecule has 2 heterocycles. The Morgan fingerprint density at radius 2 is 2.04 bits per heavy atom. The molecule has 146 valence electrons. The van der Waals surface area contributed by atoms with Crippen LogP contribution in [0.2, 0.25) is 0 Å². The molecule has 2 aromatic rings. The molecular weight excluding hydrogens is 366 g/mol. The lowest BCUT2D eigenvalue weighted by Crippen LogP contribution is -2.49. The molecule has 1 aliphatic heterocycles. The fraction of sp³-hybridized carbons (Fsp3) is 0.450. The average molecular weight is 391 g/mol. The summed E-state index contributed by atoms with van der Waals surface area (Å²) in [5.74, 6) is 1.15. The molecular formula is C20H25NO5S. The molecule has 6 nitrogen and oxygen atoms in total. The maximum Gasteiger partial charge on any atom is 0.264 e. The lowest BCUT2D eigenvalue weighted by Gasteiger charge is -2.40. The molecule has 3 rings (SSSR count). The number of carbonyl (C=O) groups is 1. The van der Waals surface area contributed by atoms with Crippen LogP contribution >= 0.6 is 11.3 Å². The van der Waals surface area contributed by atoms with Crippen molar-refractivity contribution in [2.75, 3.05) is 34.0 Å². The highest BCUT2D eigenvalue weighted by Gasteiger charge is 2.37. The molecule has 1 aromatic heterocycles. The average Bonchev–Trinajstić information content (AvgIpc) is 3.21. The summed E-state index contributed by atoms with van der Waals surface area (Å²) in [4.78, 5) is 16.9. The zero-order chi connectivity index (χ0) is 19.4. The van der Waals surface area contributed by atoms with Crippen molar-refractivity contribution in [1.82, 2.24) is 4.90 Å². The number of rotatable bonds is 6. The standard InChI is InChI=1S/C20H25NO5S/c1-4-14-6-8-18(27-14)20(23)21-9-10-26-17(12-22)19(21)13-5-7-15(24-2)16(11-13)25-3/h5-8,11,17,19,22H,4,9-10,12H2,1-3H3/t17-,19-/m1/s1. The number of aryl methyl sites for hydroxylation is 1. The number of amides is 1. The molecule has 7 heteroatoms. The van der Waals surface area contributed by atoms with E-state index in [0.29, 0.717) is 29.5 Å². The van der Waals surface area contributed by atoms with Crippen molar-refractivity contribution in [2.24, 2.45) is 0 Å². The Kier molecular flexibility index (Phi) is 6.36. The predicted molar refractivity (Wildman–Crippen MR) is 104 cm³/mol. The van der Waals surface area contributed by atoms with Crippen LogP contribution in [0.4, 0.5) is 0 Å². The third-order valence-electron chi connectivity index (χ3n) is 4.76. The van der Waals surface area contributed by atoms with Crippen molar-refractivity contribution >= 4 is 17.2 Å². The van der Waals surface area contributed by atoms with Crippen LogP contribution in [0.1, 0.15) is 33.1 Å². The van der Waals surface area contributed by atoms with E-state index in [4.69, 9.17) is 14.2 Å². The van der Waals surface area contributed by atoms with E-state index in [9.17, 15) is 9.90 Å². The van der Waals surface area contributed by atoms with Gasteiger partial charge in [-0.15, -0.1) is 11.3 Å². The fourth-order valence-electron chi connectivity index (χ4n) is 3.37. The van der Waals surface area contributed by atoms with Crippen LogP contribution in [-0.2, 0) is 11.2 Å². The molecule has 1 aromatic carbocycles. The van der Waals surface area contributed by atoms with Gasteiger partial charge < -0.3 is 24.2 Å². The number of methoxy groups -OCH3 is 2. The minimum Gasteiger partial charge on any atom is -0.493 e. The van der Waals surface area contributed by atoms with Gasteiger partial charge in [-0.1, -0.05) is 13.0 Å². The third kappa shape index (κ3) is 3.95. The van der Waals surface area contributed by atoms with Crippen molar-refractivity contribution in [3.8, 4) is 11.5 Å². The largest absolute Gasteiger partial charge is 0.493 e. The SMILES string of the molecule is CCc1ccc(C(=O)N2CCO[C@H](CO)[C@H]2c2ccc(OC)c(OC)c2)s1. The van der Waals surface area contributed by atoms with Gasteiger partial charge in [0, 0.05) is 11.4 Å². The van der Waals surface area contributed by atoms with Gasteiger partial charge in [-0.2, -0.15) is 0 Å². The summed E-state index contributed by atoms with van der Waals surface area (Å²) in [6.07, 6.45) is 0.408. The number of aliphatic hydroxyl groups excluding tert-OH is 1. The van der Waals surface area contributed by atoms with Gasteiger partial charge in [0.25, 0.3) is 5.91 Å². The summed E-state index contributed by atoms with van der Waals surface area (Å²) in [6, 6.07) is 9.00. The summed E-state index contributed by atoms with van der Waals surface area (Å²) in [5.41, 5.74) is 0.840. The van der Waals surface area contributed by atoms with Crippen molar-refractivity contribution in [3.05, 3.63) is 45.6 Å². The number of thiophene rings is 1. The normalized spacial score (nSPS) is 19.8. The van der Waals surface area contributed by atoms with Gasteiger partial charge in [-0.05, 0) is 36.2 Å². The smallest absolute Gasteiger partial charge is 0.264 e. The summed E-state index contributed by atoms with van der Waals surface area (Å²) in [5, 5.41) is 9.85. The first-order valence-corrected chi connectivity index (χ1v) is 9.78. The van der Waals surface area contributed by atoms with Crippen molar-refractivity contribution in [2.45, 2.75) is 25.5 Å². The van der Waals surface area contributed by atoms with Crippen molar-refractivity contribution in [3.63, 3.8) is 0 Å². The Hall–Kier alpha value is -2.09. The topological polar surface area (TPSA) is 68.2 Å². The van der Waals surface area contributed by atoms with E-state index in [2.05, 4.69) is 6.92 Å². The monoisotopic (exact) mass is 391 g/mol. The van der Waals surface area contributed by atoms with Crippen LogP contribution in [0, 0.1) is 0 Å². The van der Waals surface area contributed by atoms with Crippen LogP contribution < -0.4 is 9.47 Å². The lowest BCUT2D eigenvalue weighted by molar-refractivity contribution is -0.0810. The van der Waals surface area contributed by atoms with Crippen LogP contribution in [0.3, 0.4) is 0 Å². The minimum atomic E-state index is -0.494. The molecule has 1 fully saturated rings. The molecule has 0 bridgehead atoms. The van der Waals surface area contributed by atoms with Crippen LogP contribution in [0.5, 0.6) is 11.5 Å². The minimum absolute atomic E-state index is 0.0405. The maximum atomic E-state index is 13.2. The summed E-state index contributed by atoms with van der Waals surface area (Å²) in [7, 11) is 3.15. The van der Waals surface area contributed by atoms with E-state index in [0.717, 1.165) is 12.0 Å². The van der Waals surface area contributed by atoms with Crippen molar-refractivity contribution < 1.29 is 24.1 Å². The van der Waals surface area contributed by atoms with Crippen molar-refractivity contribution in [1.29, 1.82) is 0 Å². The number of aliphatic hydroxyl groups is 1. The quantitative estimate of drug-likeness (QED) is 0.820. The van der Waals surface area contributed by atoms with Gasteiger partial charge >= 0.3 is 0 Å². The number of ether oxygens (including phenoxy) is 3. The molecule has 0 spiro atoms. The second-order valence-corrected chi connectivity index (χ2v) is 7.44. The van der Waals surface area contributed by atoms with Crippen LogP contribution in [-0.4, -0.2) is 56.0 Å². The molecule has 0 unspecified atom stereocenters. The van der Waals surface area contributed by atoms with Gasteiger partial charge in [-0.25, -0.2) is 0 Å². The van der Waals surface area contributed by atoms with E-state index < -0.39 is 12.1 Å². The molecule has 0 radical (unpaired) electrons. The zero-order valence-electron chi connectivity index (χ0n) is 15.8. The van der Waals surface area contributed by atoms with Gasteiger partial charge in [0.2, 0.25) is 0 Å². The van der Waals surface area contributed by atoms with Crippen LogP contribution in [0.25, 0.3) is 0 Å². The Labute approximate surface area is 163 Å². The number of carbonyl (C=O) groups excluding carboxylic acids is 1. The number of nitrogens with zero attached hydrogens (tertiary/aromatic N) is 1. The molecule has 1 amide bonds. The van der Waals surface area contributed by atoms with Gasteiger partial charge in [-0.3, -0.25) is 4.79 Å². The first-order valence-electron chi connectivity index (χ1n) is 8.97. The zero-order valence-corrected chi connectivity index (χ0v) is 16.6. The molecule has 0 saturated carbocycles.